The first-order valence-corrected chi connectivity index (χ1v) is 7.11. The molecule has 0 saturated heterocycles. The van der Waals surface area contributed by atoms with Crippen molar-refractivity contribution in [1.82, 2.24) is 4.90 Å². The first-order chi connectivity index (χ1) is 8.10. The quantitative estimate of drug-likeness (QED) is 0.819. The minimum absolute atomic E-state index is 0.0400. The van der Waals surface area contributed by atoms with Crippen molar-refractivity contribution in [3.05, 3.63) is 29.8 Å². The fourth-order valence-electron chi connectivity index (χ4n) is 1.74. The Bertz CT molecular complexity index is 381. The number of nitrogens with zero attached hydrogens (tertiary/aromatic N) is 1. The fourth-order valence-corrected chi connectivity index (χ4v) is 2.58. The summed E-state index contributed by atoms with van der Waals surface area (Å²) in [5, 5.41) is 0. The van der Waals surface area contributed by atoms with Crippen molar-refractivity contribution in [2.45, 2.75) is 19.4 Å². The Hall–Kier alpha value is -1.16. The van der Waals surface area contributed by atoms with Crippen LogP contribution in [0.4, 0.5) is 5.69 Å². The Kier molecular flexibility index (Phi) is 5.35. The highest BCUT2D eigenvalue weighted by Gasteiger charge is 2.19. The molecule has 0 radical (unpaired) electrons. The lowest BCUT2D eigenvalue weighted by Crippen LogP contribution is -2.38. The lowest BCUT2D eigenvalue weighted by Gasteiger charge is -2.26. The van der Waals surface area contributed by atoms with E-state index in [4.69, 9.17) is 5.73 Å². The summed E-state index contributed by atoms with van der Waals surface area (Å²) in [7, 11) is 1.86. The zero-order valence-corrected chi connectivity index (χ0v) is 11.5. The molecule has 0 spiro atoms. The molecule has 1 rings (SSSR count). The Morgan fingerprint density at radius 2 is 2.24 bits per heavy atom. The molecule has 3 nitrogen and oxygen atoms in total. The van der Waals surface area contributed by atoms with Crippen molar-refractivity contribution < 1.29 is 4.79 Å². The molecule has 0 saturated carbocycles. The molecule has 0 aromatic heterocycles. The van der Waals surface area contributed by atoms with Gasteiger partial charge in [-0.05, 0) is 30.9 Å². The number of nitrogen functional groups attached to an aromatic ring is 1. The molecular weight excluding hydrogens is 232 g/mol. The third-order valence-electron chi connectivity index (χ3n) is 2.83. The molecule has 0 aliphatic heterocycles. The topological polar surface area (TPSA) is 46.3 Å². The van der Waals surface area contributed by atoms with Crippen LogP contribution in [0, 0.1) is 0 Å². The van der Waals surface area contributed by atoms with Crippen LogP contribution < -0.4 is 5.73 Å². The van der Waals surface area contributed by atoms with E-state index in [0.29, 0.717) is 11.3 Å². The summed E-state index contributed by atoms with van der Waals surface area (Å²) >= 11 is 1.76. The summed E-state index contributed by atoms with van der Waals surface area (Å²) in [5.74, 6) is 0.999. The van der Waals surface area contributed by atoms with Gasteiger partial charge < -0.3 is 10.6 Å². The third kappa shape index (κ3) is 3.66. The molecule has 17 heavy (non-hydrogen) atoms. The molecule has 94 valence electrons. The van der Waals surface area contributed by atoms with Crippen LogP contribution >= 0.6 is 11.8 Å². The lowest BCUT2D eigenvalue weighted by atomic mass is 10.1. The van der Waals surface area contributed by atoms with E-state index in [1.54, 1.807) is 30.0 Å². The fraction of sp³-hybridized carbons (Fsp3) is 0.462. The van der Waals surface area contributed by atoms with Crippen LogP contribution in [0.25, 0.3) is 0 Å². The number of anilines is 1. The van der Waals surface area contributed by atoms with E-state index in [2.05, 4.69) is 13.2 Å². The van der Waals surface area contributed by atoms with E-state index >= 15 is 0 Å². The number of hydrogen-bond acceptors (Lipinski definition) is 3. The van der Waals surface area contributed by atoms with Crippen LogP contribution in [-0.4, -0.2) is 35.9 Å². The molecule has 0 aliphatic carbocycles. The maximum Gasteiger partial charge on any atom is 0.253 e. The van der Waals surface area contributed by atoms with Crippen LogP contribution in [0.15, 0.2) is 24.3 Å². The predicted molar refractivity (Wildman–Crippen MR) is 75.4 cm³/mol. The molecule has 2 N–H and O–H groups in total. The zero-order valence-electron chi connectivity index (χ0n) is 10.6. The molecule has 0 aliphatic rings. The monoisotopic (exact) mass is 252 g/mol. The van der Waals surface area contributed by atoms with Crippen LogP contribution in [0.2, 0.25) is 0 Å². The zero-order chi connectivity index (χ0) is 12.8. The Labute approximate surface area is 107 Å². The first-order valence-electron chi connectivity index (χ1n) is 5.71. The van der Waals surface area contributed by atoms with E-state index in [0.717, 1.165) is 12.2 Å². The highest BCUT2D eigenvalue weighted by Crippen LogP contribution is 2.14. The Morgan fingerprint density at radius 1 is 1.53 bits per heavy atom. The van der Waals surface area contributed by atoms with Crippen LogP contribution in [0.1, 0.15) is 23.7 Å². The van der Waals surface area contributed by atoms with Gasteiger partial charge in [-0.3, -0.25) is 4.79 Å². The van der Waals surface area contributed by atoms with Gasteiger partial charge in [0.25, 0.3) is 5.91 Å². The van der Waals surface area contributed by atoms with Gasteiger partial charge in [-0.25, -0.2) is 0 Å². The normalized spacial score (nSPS) is 12.2. The molecule has 1 atom stereocenters. The molecule has 1 aromatic rings. The number of hydrogen-bond donors (Lipinski definition) is 1. The van der Waals surface area contributed by atoms with Crippen molar-refractivity contribution in [3.63, 3.8) is 0 Å². The minimum Gasteiger partial charge on any atom is -0.399 e. The summed E-state index contributed by atoms with van der Waals surface area (Å²) in [5.41, 5.74) is 6.98. The second kappa shape index (κ2) is 6.55. The van der Waals surface area contributed by atoms with Gasteiger partial charge in [0.05, 0.1) is 0 Å². The van der Waals surface area contributed by atoms with Gasteiger partial charge in [0.15, 0.2) is 0 Å². The highest BCUT2D eigenvalue weighted by molar-refractivity contribution is 7.98. The highest BCUT2D eigenvalue weighted by atomic mass is 32.2. The predicted octanol–water partition coefficient (Wildman–Crippen LogP) is 2.48. The van der Waals surface area contributed by atoms with Gasteiger partial charge in [0.1, 0.15) is 0 Å². The molecule has 0 fully saturated rings. The maximum absolute atomic E-state index is 12.2. The van der Waals surface area contributed by atoms with Gasteiger partial charge in [0, 0.05) is 30.1 Å². The molecule has 1 unspecified atom stereocenters. The van der Waals surface area contributed by atoms with E-state index in [-0.39, 0.29) is 11.9 Å². The van der Waals surface area contributed by atoms with Gasteiger partial charge in [-0.2, -0.15) is 11.8 Å². The largest absolute Gasteiger partial charge is 0.399 e. The van der Waals surface area contributed by atoms with Gasteiger partial charge >= 0.3 is 0 Å². The van der Waals surface area contributed by atoms with Crippen molar-refractivity contribution >= 4 is 23.4 Å². The van der Waals surface area contributed by atoms with E-state index < -0.39 is 0 Å². The molecule has 1 aromatic carbocycles. The van der Waals surface area contributed by atoms with Crippen LogP contribution in [-0.2, 0) is 0 Å². The van der Waals surface area contributed by atoms with Crippen molar-refractivity contribution in [2.24, 2.45) is 0 Å². The van der Waals surface area contributed by atoms with E-state index in [1.165, 1.54) is 0 Å². The number of thioether (sulfide) groups is 1. The van der Waals surface area contributed by atoms with Gasteiger partial charge in [-0.15, -0.1) is 0 Å². The summed E-state index contributed by atoms with van der Waals surface area (Å²) in [6.45, 7) is 2.10. The number of amides is 1. The SMILES string of the molecule is CCC(CSC)N(C)C(=O)c1cccc(N)c1. The smallest absolute Gasteiger partial charge is 0.253 e. The second-order valence-corrected chi connectivity index (χ2v) is 4.97. The van der Waals surface area contributed by atoms with Crippen molar-refractivity contribution in [2.75, 3.05) is 24.8 Å². The Morgan fingerprint density at radius 3 is 2.76 bits per heavy atom. The number of benzene rings is 1. The number of carbonyl (C=O) groups is 1. The standard InChI is InChI=1S/C13H20N2OS/c1-4-12(9-17-3)15(2)13(16)10-6-5-7-11(14)8-10/h5-8,12H,4,9,14H2,1-3H3. The summed E-state index contributed by atoms with van der Waals surface area (Å²) < 4.78 is 0. The average molecular weight is 252 g/mol. The van der Waals surface area contributed by atoms with E-state index in [9.17, 15) is 4.79 Å². The molecular formula is C13H20N2OS. The first kappa shape index (κ1) is 13.9. The van der Waals surface area contributed by atoms with Crippen molar-refractivity contribution in [3.8, 4) is 0 Å². The number of rotatable bonds is 5. The summed E-state index contributed by atoms with van der Waals surface area (Å²) in [4.78, 5) is 14.0. The Balaban J connectivity index is 2.81. The number of nitrogens with two attached hydrogens (primary N) is 1. The lowest BCUT2D eigenvalue weighted by molar-refractivity contribution is 0.0743. The molecule has 1 amide bonds. The molecule has 4 heteroatoms. The van der Waals surface area contributed by atoms with Gasteiger partial charge in [0.2, 0.25) is 0 Å². The summed E-state index contributed by atoms with van der Waals surface area (Å²) in [6.07, 6.45) is 3.02. The number of carbonyl (C=O) groups excluding carboxylic acids is 1. The summed E-state index contributed by atoms with van der Waals surface area (Å²) in [6, 6.07) is 7.41. The molecule has 0 bridgehead atoms. The van der Waals surface area contributed by atoms with E-state index in [1.807, 2.05) is 18.0 Å². The average Bonchev–Trinajstić information content (AvgIpc) is 2.34. The van der Waals surface area contributed by atoms with Crippen LogP contribution in [0.5, 0.6) is 0 Å². The third-order valence-corrected chi connectivity index (χ3v) is 3.55. The second-order valence-electron chi connectivity index (χ2n) is 4.06. The minimum atomic E-state index is 0.0400. The van der Waals surface area contributed by atoms with Crippen LogP contribution in [0.3, 0.4) is 0 Å². The molecule has 0 heterocycles. The van der Waals surface area contributed by atoms with Crippen molar-refractivity contribution in [1.29, 1.82) is 0 Å². The maximum atomic E-state index is 12.2. The van der Waals surface area contributed by atoms with Gasteiger partial charge in [-0.1, -0.05) is 13.0 Å².